The number of nitrogens with one attached hydrogen (secondary N) is 1. The smallest absolute Gasteiger partial charge is 0.328 e. The molecule has 0 saturated heterocycles. The number of amides is 1. The van der Waals surface area contributed by atoms with Crippen LogP contribution in [0.2, 0.25) is 0 Å². The number of rotatable bonds is 6. The minimum Gasteiger partial charge on any atom is -0.480 e. The molecule has 19 heavy (non-hydrogen) atoms. The summed E-state index contributed by atoms with van der Waals surface area (Å²) in [4.78, 5) is 22.1. The Labute approximate surface area is 111 Å². The number of carboxylic acid groups (broad SMARTS) is 1. The second-order valence-corrected chi connectivity index (χ2v) is 4.54. The average molecular weight is 267 g/mol. The number of aryl methyl sites for hydroxylation is 3. The van der Waals surface area contributed by atoms with Crippen molar-refractivity contribution in [2.75, 3.05) is 6.67 Å². The number of benzene rings is 1. The first kappa shape index (κ1) is 15.1. The van der Waals surface area contributed by atoms with E-state index in [-0.39, 0.29) is 6.42 Å². The molecule has 0 aromatic heterocycles. The Morgan fingerprint density at radius 2 is 2.05 bits per heavy atom. The molecule has 1 rings (SSSR count). The van der Waals surface area contributed by atoms with Crippen LogP contribution in [0.15, 0.2) is 18.2 Å². The summed E-state index contributed by atoms with van der Waals surface area (Å²) < 4.78 is 12.3. The highest BCUT2D eigenvalue weighted by molar-refractivity contribution is 5.83. The molecule has 0 heterocycles. The summed E-state index contributed by atoms with van der Waals surface area (Å²) in [6.07, 6.45) is 0.657. The number of aliphatic carboxylic acids is 1. The van der Waals surface area contributed by atoms with Crippen molar-refractivity contribution >= 4 is 11.9 Å². The molecule has 1 aromatic carbocycles. The first-order valence-corrected chi connectivity index (χ1v) is 6.08. The van der Waals surface area contributed by atoms with Gasteiger partial charge in [0.25, 0.3) is 0 Å². The third kappa shape index (κ3) is 4.69. The number of hydrogen-bond acceptors (Lipinski definition) is 2. The van der Waals surface area contributed by atoms with Crippen LogP contribution in [0.3, 0.4) is 0 Å². The first-order valence-electron chi connectivity index (χ1n) is 6.08. The first-order chi connectivity index (χ1) is 8.93. The van der Waals surface area contributed by atoms with Crippen molar-refractivity contribution in [2.24, 2.45) is 0 Å². The van der Waals surface area contributed by atoms with Crippen molar-refractivity contribution in [3.8, 4) is 0 Å². The Morgan fingerprint density at radius 3 is 2.58 bits per heavy atom. The lowest BCUT2D eigenvalue weighted by molar-refractivity contribution is -0.142. The zero-order valence-corrected chi connectivity index (χ0v) is 11.1. The minimum absolute atomic E-state index is 0.147. The molecule has 0 spiro atoms. The molecule has 0 aliphatic rings. The number of carbonyl (C=O) groups excluding carboxylic acids is 1. The summed E-state index contributed by atoms with van der Waals surface area (Å²) >= 11 is 0. The highest BCUT2D eigenvalue weighted by atomic mass is 19.1. The molecule has 0 bridgehead atoms. The topological polar surface area (TPSA) is 66.4 Å². The predicted octanol–water partition coefficient (Wildman–Crippen LogP) is 1.77. The highest BCUT2D eigenvalue weighted by Gasteiger charge is 2.19. The van der Waals surface area contributed by atoms with E-state index in [4.69, 9.17) is 5.11 Å². The molecule has 2 N–H and O–H groups in total. The minimum atomic E-state index is -1.45. The summed E-state index contributed by atoms with van der Waals surface area (Å²) in [6, 6.07) is 4.48. The van der Waals surface area contributed by atoms with E-state index in [2.05, 4.69) is 5.32 Å². The number of carboxylic acids is 1. The van der Waals surface area contributed by atoms with Crippen LogP contribution in [0.4, 0.5) is 4.39 Å². The fourth-order valence-electron chi connectivity index (χ4n) is 1.81. The van der Waals surface area contributed by atoms with Crippen molar-refractivity contribution in [3.05, 3.63) is 34.9 Å². The molecule has 0 aliphatic carbocycles. The molecule has 0 aliphatic heterocycles. The lowest BCUT2D eigenvalue weighted by Crippen LogP contribution is -2.42. The Balaban J connectivity index is 2.52. The predicted molar refractivity (Wildman–Crippen MR) is 69.8 cm³/mol. The normalized spacial score (nSPS) is 11.9. The monoisotopic (exact) mass is 267 g/mol. The van der Waals surface area contributed by atoms with Crippen molar-refractivity contribution < 1.29 is 19.1 Å². The van der Waals surface area contributed by atoms with E-state index >= 15 is 0 Å². The molecule has 5 heteroatoms. The van der Waals surface area contributed by atoms with E-state index in [9.17, 15) is 14.0 Å². The molecular weight excluding hydrogens is 249 g/mol. The third-order valence-electron chi connectivity index (χ3n) is 2.91. The molecule has 1 unspecified atom stereocenters. The zero-order valence-electron chi connectivity index (χ0n) is 11.1. The maximum atomic E-state index is 12.3. The second-order valence-electron chi connectivity index (χ2n) is 4.54. The summed E-state index contributed by atoms with van der Waals surface area (Å²) in [7, 11) is 0. The second kappa shape index (κ2) is 6.87. The van der Waals surface area contributed by atoms with Crippen LogP contribution < -0.4 is 5.32 Å². The van der Waals surface area contributed by atoms with E-state index < -0.39 is 24.6 Å². The van der Waals surface area contributed by atoms with Crippen molar-refractivity contribution in [2.45, 2.75) is 32.7 Å². The maximum absolute atomic E-state index is 12.3. The SMILES string of the molecule is Cc1ccc(CCC(=O)NC(CF)C(=O)O)c(C)c1. The summed E-state index contributed by atoms with van der Waals surface area (Å²) in [6.45, 7) is 2.84. The van der Waals surface area contributed by atoms with Crippen LogP contribution in [0, 0.1) is 13.8 Å². The van der Waals surface area contributed by atoms with Crippen LogP contribution >= 0.6 is 0 Å². The van der Waals surface area contributed by atoms with E-state index in [0.29, 0.717) is 6.42 Å². The van der Waals surface area contributed by atoms with Crippen LogP contribution in [0.5, 0.6) is 0 Å². The van der Waals surface area contributed by atoms with Gasteiger partial charge in [-0.25, -0.2) is 9.18 Å². The number of alkyl halides is 1. The van der Waals surface area contributed by atoms with Gasteiger partial charge >= 0.3 is 5.97 Å². The fourth-order valence-corrected chi connectivity index (χ4v) is 1.81. The summed E-state index contributed by atoms with van der Waals surface area (Å²) in [5.41, 5.74) is 3.27. The van der Waals surface area contributed by atoms with Crippen molar-refractivity contribution in [1.82, 2.24) is 5.32 Å². The Morgan fingerprint density at radius 1 is 1.37 bits per heavy atom. The maximum Gasteiger partial charge on any atom is 0.328 e. The van der Waals surface area contributed by atoms with Gasteiger partial charge in [0.05, 0.1) is 0 Å². The van der Waals surface area contributed by atoms with E-state index in [1.165, 1.54) is 0 Å². The van der Waals surface area contributed by atoms with Gasteiger partial charge in [0.15, 0.2) is 6.04 Å². The Bertz CT molecular complexity index is 474. The fraction of sp³-hybridized carbons (Fsp3) is 0.429. The van der Waals surface area contributed by atoms with E-state index in [1.807, 2.05) is 32.0 Å². The number of hydrogen-bond donors (Lipinski definition) is 2. The summed E-state index contributed by atoms with van der Waals surface area (Å²) in [5, 5.41) is 10.8. The van der Waals surface area contributed by atoms with Crippen molar-refractivity contribution in [3.63, 3.8) is 0 Å². The van der Waals surface area contributed by atoms with Crippen LogP contribution in [0.1, 0.15) is 23.1 Å². The Kier molecular flexibility index (Phi) is 5.48. The largest absolute Gasteiger partial charge is 0.480 e. The highest BCUT2D eigenvalue weighted by Crippen LogP contribution is 2.12. The van der Waals surface area contributed by atoms with Gasteiger partial charge in [0.2, 0.25) is 5.91 Å². The van der Waals surface area contributed by atoms with Gasteiger partial charge in [-0.1, -0.05) is 23.8 Å². The number of halogens is 1. The molecule has 0 fully saturated rings. The molecule has 4 nitrogen and oxygen atoms in total. The lowest BCUT2D eigenvalue weighted by Gasteiger charge is -2.11. The van der Waals surface area contributed by atoms with Gasteiger partial charge in [0.1, 0.15) is 6.67 Å². The van der Waals surface area contributed by atoms with Gasteiger partial charge in [-0.05, 0) is 31.4 Å². The van der Waals surface area contributed by atoms with Gasteiger partial charge in [0, 0.05) is 6.42 Å². The molecule has 1 aromatic rings. The molecular formula is C14H18FNO3. The van der Waals surface area contributed by atoms with Gasteiger partial charge in [-0.15, -0.1) is 0 Å². The molecule has 0 radical (unpaired) electrons. The zero-order chi connectivity index (χ0) is 14.4. The van der Waals surface area contributed by atoms with Crippen LogP contribution in [0.25, 0.3) is 0 Å². The van der Waals surface area contributed by atoms with E-state index in [0.717, 1.165) is 16.7 Å². The van der Waals surface area contributed by atoms with Crippen LogP contribution in [-0.2, 0) is 16.0 Å². The standard InChI is InChI=1S/C14H18FNO3/c1-9-3-4-11(10(2)7-9)5-6-13(17)16-12(8-15)14(18)19/h3-4,7,12H,5-6,8H2,1-2H3,(H,16,17)(H,18,19). The van der Waals surface area contributed by atoms with Crippen molar-refractivity contribution in [1.29, 1.82) is 0 Å². The quantitative estimate of drug-likeness (QED) is 0.825. The molecule has 0 saturated carbocycles. The van der Waals surface area contributed by atoms with Gasteiger partial charge in [-0.2, -0.15) is 0 Å². The summed E-state index contributed by atoms with van der Waals surface area (Å²) in [5.74, 6) is -1.81. The molecule has 104 valence electrons. The average Bonchev–Trinajstić information content (AvgIpc) is 2.34. The number of carbonyl (C=O) groups is 2. The van der Waals surface area contributed by atoms with E-state index in [1.54, 1.807) is 0 Å². The molecule has 1 atom stereocenters. The van der Waals surface area contributed by atoms with Gasteiger partial charge < -0.3 is 10.4 Å². The molecule has 1 amide bonds. The van der Waals surface area contributed by atoms with Crippen LogP contribution in [-0.4, -0.2) is 29.7 Å². The van der Waals surface area contributed by atoms with Gasteiger partial charge in [-0.3, -0.25) is 4.79 Å². The third-order valence-corrected chi connectivity index (χ3v) is 2.91. The Hall–Kier alpha value is -1.91. The lowest BCUT2D eigenvalue weighted by atomic mass is 10.0.